The Hall–Kier alpha value is -4.46. The largest absolute Gasteiger partial charge is 0.457 e. The summed E-state index contributed by atoms with van der Waals surface area (Å²) in [6, 6.07) is 25.2. The number of hydrogen-bond acceptors (Lipinski definition) is 5. The van der Waals surface area contributed by atoms with Gasteiger partial charge >= 0.3 is 0 Å². The maximum atomic E-state index is 12.6. The minimum absolute atomic E-state index is 0.0569. The van der Waals surface area contributed by atoms with Gasteiger partial charge in [-0.05, 0) is 36.4 Å². The van der Waals surface area contributed by atoms with E-state index in [0.717, 1.165) is 11.3 Å². The van der Waals surface area contributed by atoms with Crippen LogP contribution in [0.3, 0.4) is 0 Å². The van der Waals surface area contributed by atoms with Crippen molar-refractivity contribution >= 4 is 23.5 Å². The number of carbonyl (C=O) groups excluding carboxylic acids is 2. The molecule has 32 heavy (non-hydrogen) atoms. The number of rotatable bonds is 6. The SMILES string of the molecule is O=C(C[C@H]1C(=O)Nc2nc(-c3ccccc3)nn21)Nc1ccc(Oc2ccccc2)cc1. The van der Waals surface area contributed by atoms with E-state index < -0.39 is 6.04 Å². The molecule has 2 amide bonds. The molecule has 0 bridgehead atoms. The molecule has 0 unspecified atom stereocenters. The number of para-hydroxylation sites is 1. The van der Waals surface area contributed by atoms with Gasteiger partial charge in [0.15, 0.2) is 5.82 Å². The molecule has 2 N–H and O–H groups in total. The lowest BCUT2D eigenvalue weighted by molar-refractivity contribution is -0.123. The summed E-state index contributed by atoms with van der Waals surface area (Å²) in [7, 11) is 0. The normalized spacial score (nSPS) is 14.5. The molecular weight excluding hydrogens is 406 g/mol. The number of fused-ring (bicyclic) bond motifs is 1. The van der Waals surface area contributed by atoms with Crippen molar-refractivity contribution in [3.63, 3.8) is 0 Å². The van der Waals surface area contributed by atoms with Gasteiger partial charge in [-0.1, -0.05) is 48.5 Å². The van der Waals surface area contributed by atoms with E-state index in [-0.39, 0.29) is 18.2 Å². The zero-order valence-corrected chi connectivity index (χ0v) is 16.9. The van der Waals surface area contributed by atoms with Gasteiger partial charge in [-0.3, -0.25) is 14.9 Å². The van der Waals surface area contributed by atoms with Gasteiger partial charge in [0, 0.05) is 11.3 Å². The summed E-state index contributed by atoms with van der Waals surface area (Å²) in [5.74, 6) is 1.63. The molecule has 1 aromatic heterocycles. The van der Waals surface area contributed by atoms with Gasteiger partial charge in [0.05, 0.1) is 6.42 Å². The molecule has 8 nitrogen and oxygen atoms in total. The highest BCUT2D eigenvalue weighted by atomic mass is 16.5. The van der Waals surface area contributed by atoms with Crippen molar-refractivity contribution in [2.75, 3.05) is 10.6 Å². The van der Waals surface area contributed by atoms with Crippen LogP contribution in [0.5, 0.6) is 11.5 Å². The van der Waals surface area contributed by atoms with Gasteiger partial charge in [-0.15, -0.1) is 5.10 Å². The summed E-state index contributed by atoms with van der Waals surface area (Å²) >= 11 is 0. The van der Waals surface area contributed by atoms with Crippen molar-refractivity contribution in [3.05, 3.63) is 84.9 Å². The second kappa shape index (κ2) is 8.35. The van der Waals surface area contributed by atoms with Crippen LogP contribution in [-0.4, -0.2) is 26.6 Å². The Morgan fingerprint density at radius 3 is 2.31 bits per heavy atom. The molecule has 0 spiro atoms. The molecule has 3 aromatic carbocycles. The molecule has 0 saturated carbocycles. The van der Waals surface area contributed by atoms with Gasteiger partial charge in [0.1, 0.15) is 17.5 Å². The quantitative estimate of drug-likeness (QED) is 0.481. The molecule has 2 heterocycles. The van der Waals surface area contributed by atoms with E-state index in [4.69, 9.17) is 4.74 Å². The van der Waals surface area contributed by atoms with Crippen LogP contribution in [0.15, 0.2) is 84.9 Å². The first-order chi connectivity index (χ1) is 15.7. The average molecular weight is 425 g/mol. The summed E-state index contributed by atoms with van der Waals surface area (Å²) in [4.78, 5) is 29.3. The molecule has 158 valence electrons. The Kier molecular flexibility index (Phi) is 5.09. The molecule has 0 radical (unpaired) electrons. The van der Waals surface area contributed by atoms with Crippen molar-refractivity contribution in [2.24, 2.45) is 0 Å². The van der Waals surface area contributed by atoms with E-state index in [0.29, 0.717) is 23.2 Å². The molecule has 1 aliphatic heterocycles. The van der Waals surface area contributed by atoms with E-state index in [1.165, 1.54) is 4.68 Å². The molecular formula is C24H19N5O3. The molecule has 0 aliphatic carbocycles. The van der Waals surface area contributed by atoms with Crippen LogP contribution >= 0.6 is 0 Å². The minimum atomic E-state index is -0.754. The zero-order valence-electron chi connectivity index (χ0n) is 16.9. The van der Waals surface area contributed by atoms with Gasteiger partial charge < -0.3 is 10.1 Å². The number of ether oxygens (including phenoxy) is 1. The second-order valence-corrected chi connectivity index (χ2v) is 7.27. The van der Waals surface area contributed by atoms with Crippen LogP contribution in [0.2, 0.25) is 0 Å². The highest BCUT2D eigenvalue weighted by Crippen LogP contribution is 2.29. The fraction of sp³-hybridized carbons (Fsp3) is 0.0833. The summed E-state index contributed by atoms with van der Waals surface area (Å²) in [6.07, 6.45) is -0.0569. The maximum absolute atomic E-state index is 12.6. The molecule has 1 aliphatic rings. The van der Waals surface area contributed by atoms with Crippen LogP contribution in [0.4, 0.5) is 11.6 Å². The van der Waals surface area contributed by atoms with Crippen LogP contribution in [0.1, 0.15) is 12.5 Å². The molecule has 5 rings (SSSR count). The number of carbonyl (C=O) groups is 2. The zero-order chi connectivity index (χ0) is 21.9. The second-order valence-electron chi connectivity index (χ2n) is 7.27. The lowest BCUT2D eigenvalue weighted by atomic mass is 10.2. The first-order valence-corrected chi connectivity index (χ1v) is 10.1. The van der Waals surface area contributed by atoms with E-state index in [1.807, 2.05) is 60.7 Å². The molecule has 0 saturated heterocycles. The van der Waals surface area contributed by atoms with Crippen LogP contribution in [-0.2, 0) is 9.59 Å². The fourth-order valence-corrected chi connectivity index (χ4v) is 3.44. The predicted molar refractivity (Wildman–Crippen MR) is 119 cm³/mol. The summed E-state index contributed by atoms with van der Waals surface area (Å²) < 4.78 is 7.23. The Bertz CT molecular complexity index is 1250. The standard InChI is InChI=1S/C24H19N5O3/c30-21(25-17-11-13-19(14-12-17)32-18-9-5-2-6-10-18)15-20-23(31)27-24-26-22(28-29(20)24)16-7-3-1-4-8-16/h1-14,20H,15H2,(H,25,30)(H,26,27,28,31)/t20-/m0/s1. The third-order valence-corrected chi connectivity index (χ3v) is 4.99. The Morgan fingerprint density at radius 2 is 1.59 bits per heavy atom. The number of amides is 2. The van der Waals surface area contributed by atoms with Crippen molar-refractivity contribution < 1.29 is 14.3 Å². The third-order valence-electron chi connectivity index (χ3n) is 4.99. The van der Waals surface area contributed by atoms with E-state index >= 15 is 0 Å². The Labute approximate surface area is 183 Å². The first kappa shape index (κ1) is 19.5. The van der Waals surface area contributed by atoms with Crippen LogP contribution in [0.25, 0.3) is 11.4 Å². The summed E-state index contributed by atoms with van der Waals surface area (Å²) in [6.45, 7) is 0. The summed E-state index contributed by atoms with van der Waals surface area (Å²) in [5, 5.41) is 9.94. The number of anilines is 2. The number of aromatic nitrogens is 3. The minimum Gasteiger partial charge on any atom is -0.457 e. The van der Waals surface area contributed by atoms with Crippen molar-refractivity contribution in [3.8, 4) is 22.9 Å². The smallest absolute Gasteiger partial charge is 0.252 e. The lowest BCUT2D eigenvalue weighted by Crippen LogP contribution is -2.23. The van der Waals surface area contributed by atoms with Gasteiger partial charge in [0.2, 0.25) is 11.9 Å². The van der Waals surface area contributed by atoms with Crippen molar-refractivity contribution in [1.82, 2.24) is 14.8 Å². The average Bonchev–Trinajstić information content (AvgIpc) is 3.35. The fourth-order valence-electron chi connectivity index (χ4n) is 3.44. The van der Waals surface area contributed by atoms with Gasteiger partial charge in [-0.2, -0.15) is 4.98 Å². The van der Waals surface area contributed by atoms with Gasteiger partial charge in [0.25, 0.3) is 5.91 Å². The Morgan fingerprint density at radius 1 is 0.938 bits per heavy atom. The number of nitrogens with zero attached hydrogens (tertiary/aromatic N) is 3. The van der Waals surface area contributed by atoms with E-state index in [2.05, 4.69) is 20.7 Å². The predicted octanol–water partition coefficient (Wildman–Crippen LogP) is 4.26. The highest BCUT2D eigenvalue weighted by Gasteiger charge is 2.35. The Balaban J connectivity index is 1.24. The molecule has 0 fully saturated rings. The van der Waals surface area contributed by atoms with E-state index in [9.17, 15) is 9.59 Å². The molecule has 1 atom stereocenters. The third kappa shape index (κ3) is 4.06. The van der Waals surface area contributed by atoms with Crippen molar-refractivity contribution in [2.45, 2.75) is 12.5 Å². The summed E-state index contributed by atoms with van der Waals surface area (Å²) in [5.41, 5.74) is 1.45. The maximum Gasteiger partial charge on any atom is 0.252 e. The molecule has 4 aromatic rings. The first-order valence-electron chi connectivity index (χ1n) is 10.1. The number of benzene rings is 3. The van der Waals surface area contributed by atoms with Gasteiger partial charge in [-0.25, -0.2) is 4.68 Å². The topological polar surface area (TPSA) is 98.1 Å². The van der Waals surface area contributed by atoms with Crippen molar-refractivity contribution in [1.29, 1.82) is 0 Å². The number of hydrogen-bond donors (Lipinski definition) is 2. The van der Waals surface area contributed by atoms with Crippen LogP contribution < -0.4 is 15.4 Å². The van der Waals surface area contributed by atoms with Crippen LogP contribution in [0, 0.1) is 0 Å². The number of nitrogens with one attached hydrogen (secondary N) is 2. The van der Waals surface area contributed by atoms with E-state index in [1.54, 1.807) is 24.3 Å². The lowest BCUT2D eigenvalue weighted by Gasteiger charge is -2.11. The molecule has 8 heteroatoms. The highest BCUT2D eigenvalue weighted by molar-refractivity contribution is 6.01. The monoisotopic (exact) mass is 425 g/mol.